The number of carbonyl (C=O) groups excluding carboxylic acids is 1. The number of hydrogen-bond donors (Lipinski definition) is 0. The molecule has 0 radical (unpaired) electrons. The molecular weight excluding hydrogens is 328 g/mol. The van der Waals surface area contributed by atoms with Gasteiger partial charge in [-0.25, -0.2) is 4.79 Å². The minimum atomic E-state index is -0.482. The molecule has 26 heavy (non-hydrogen) atoms. The SMILES string of the molecule is CCOc1ccccc1OC(=O)COc1ccc(-c2ccccc2)cc1. The normalized spacial score (nSPS) is 10.2. The minimum Gasteiger partial charge on any atom is -0.490 e. The molecule has 0 atom stereocenters. The molecule has 3 aromatic carbocycles. The maximum absolute atomic E-state index is 12.0. The molecule has 0 aliphatic carbocycles. The van der Waals surface area contributed by atoms with Gasteiger partial charge in [0.25, 0.3) is 0 Å². The van der Waals surface area contributed by atoms with Crippen LogP contribution in [0.5, 0.6) is 17.2 Å². The molecule has 0 aliphatic rings. The van der Waals surface area contributed by atoms with Crippen LogP contribution in [0.25, 0.3) is 11.1 Å². The summed E-state index contributed by atoms with van der Waals surface area (Å²) < 4.78 is 16.3. The fraction of sp³-hybridized carbons (Fsp3) is 0.136. The summed E-state index contributed by atoms with van der Waals surface area (Å²) in [6.45, 7) is 2.20. The summed E-state index contributed by atoms with van der Waals surface area (Å²) in [5, 5.41) is 0. The Hall–Kier alpha value is -3.27. The Morgan fingerprint density at radius 1 is 0.731 bits per heavy atom. The van der Waals surface area contributed by atoms with E-state index in [1.165, 1.54) is 0 Å². The van der Waals surface area contributed by atoms with Crippen molar-refractivity contribution in [1.29, 1.82) is 0 Å². The van der Waals surface area contributed by atoms with Crippen molar-refractivity contribution in [1.82, 2.24) is 0 Å². The van der Waals surface area contributed by atoms with E-state index in [1.807, 2.05) is 67.6 Å². The van der Waals surface area contributed by atoms with Crippen molar-refractivity contribution >= 4 is 5.97 Å². The van der Waals surface area contributed by atoms with Crippen LogP contribution < -0.4 is 14.2 Å². The van der Waals surface area contributed by atoms with Crippen LogP contribution >= 0.6 is 0 Å². The summed E-state index contributed by atoms with van der Waals surface area (Å²) in [4.78, 5) is 12.0. The van der Waals surface area contributed by atoms with Crippen LogP contribution in [-0.2, 0) is 4.79 Å². The van der Waals surface area contributed by atoms with E-state index in [2.05, 4.69) is 0 Å². The maximum Gasteiger partial charge on any atom is 0.349 e. The standard InChI is InChI=1S/C22H20O4/c1-2-24-20-10-6-7-11-21(20)26-22(23)16-25-19-14-12-18(13-15-19)17-8-4-3-5-9-17/h3-15H,2,16H2,1H3. The molecule has 0 aliphatic heterocycles. The monoisotopic (exact) mass is 348 g/mol. The molecule has 0 amide bonds. The van der Waals surface area contributed by atoms with Crippen LogP contribution in [0.2, 0.25) is 0 Å². The van der Waals surface area contributed by atoms with E-state index in [0.717, 1.165) is 11.1 Å². The first-order chi connectivity index (χ1) is 12.8. The molecule has 0 N–H and O–H groups in total. The lowest BCUT2D eigenvalue weighted by molar-refractivity contribution is -0.136. The Bertz CT molecular complexity index is 842. The topological polar surface area (TPSA) is 44.8 Å². The third-order valence-corrected chi connectivity index (χ3v) is 3.69. The van der Waals surface area contributed by atoms with E-state index in [4.69, 9.17) is 14.2 Å². The Kier molecular flexibility index (Phi) is 5.88. The van der Waals surface area contributed by atoms with Gasteiger partial charge in [-0.2, -0.15) is 0 Å². The van der Waals surface area contributed by atoms with E-state index >= 15 is 0 Å². The highest BCUT2D eigenvalue weighted by atomic mass is 16.6. The number of benzene rings is 3. The molecule has 132 valence electrons. The van der Waals surface area contributed by atoms with Gasteiger partial charge in [-0.15, -0.1) is 0 Å². The Morgan fingerprint density at radius 3 is 2.04 bits per heavy atom. The first-order valence-corrected chi connectivity index (χ1v) is 8.47. The van der Waals surface area contributed by atoms with E-state index in [9.17, 15) is 4.79 Å². The summed E-state index contributed by atoms with van der Waals surface area (Å²) in [5.74, 6) is 1.06. The van der Waals surface area contributed by atoms with Crippen molar-refractivity contribution < 1.29 is 19.0 Å². The van der Waals surface area contributed by atoms with Gasteiger partial charge in [0.05, 0.1) is 6.61 Å². The van der Waals surface area contributed by atoms with Crippen LogP contribution in [0.15, 0.2) is 78.9 Å². The quantitative estimate of drug-likeness (QED) is 0.457. The van der Waals surface area contributed by atoms with E-state index in [0.29, 0.717) is 23.9 Å². The molecular formula is C22H20O4. The summed E-state index contributed by atoms with van der Waals surface area (Å²) in [6.07, 6.45) is 0. The van der Waals surface area contributed by atoms with Crippen molar-refractivity contribution in [2.24, 2.45) is 0 Å². The predicted molar refractivity (Wildman–Crippen MR) is 101 cm³/mol. The third-order valence-electron chi connectivity index (χ3n) is 3.69. The highest BCUT2D eigenvalue weighted by Crippen LogP contribution is 2.26. The molecule has 4 nitrogen and oxygen atoms in total. The van der Waals surface area contributed by atoms with Crippen LogP contribution in [0.1, 0.15) is 6.92 Å². The first-order valence-electron chi connectivity index (χ1n) is 8.47. The lowest BCUT2D eigenvalue weighted by Crippen LogP contribution is -2.18. The summed E-state index contributed by atoms with van der Waals surface area (Å²) >= 11 is 0. The van der Waals surface area contributed by atoms with Gasteiger partial charge in [0, 0.05) is 0 Å². The summed E-state index contributed by atoms with van der Waals surface area (Å²) in [7, 11) is 0. The molecule has 0 aromatic heterocycles. The van der Waals surface area contributed by atoms with E-state index in [1.54, 1.807) is 18.2 Å². The van der Waals surface area contributed by atoms with Gasteiger partial charge in [0.15, 0.2) is 18.1 Å². The van der Waals surface area contributed by atoms with Gasteiger partial charge in [-0.05, 0) is 42.3 Å². The molecule has 0 heterocycles. The Morgan fingerprint density at radius 2 is 1.35 bits per heavy atom. The summed E-state index contributed by atoms with van der Waals surface area (Å²) in [6, 6.07) is 24.7. The lowest BCUT2D eigenvalue weighted by atomic mass is 10.1. The fourth-order valence-electron chi connectivity index (χ4n) is 2.48. The third kappa shape index (κ3) is 4.63. The fourth-order valence-corrected chi connectivity index (χ4v) is 2.48. The molecule has 3 aromatic rings. The number of carbonyl (C=O) groups is 1. The maximum atomic E-state index is 12.0. The van der Waals surface area contributed by atoms with Gasteiger partial charge >= 0.3 is 5.97 Å². The van der Waals surface area contributed by atoms with Gasteiger partial charge in [0.2, 0.25) is 0 Å². The predicted octanol–water partition coefficient (Wildman–Crippen LogP) is 4.74. The summed E-state index contributed by atoms with van der Waals surface area (Å²) in [5.41, 5.74) is 2.22. The van der Waals surface area contributed by atoms with E-state index in [-0.39, 0.29) is 6.61 Å². The molecule has 0 spiro atoms. The molecule has 4 heteroatoms. The second-order valence-electron chi connectivity index (χ2n) is 5.53. The molecule has 0 bridgehead atoms. The molecule has 3 rings (SSSR count). The van der Waals surface area contributed by atoms with Crippen LogP contribution in [-0.4, -0.2) is 19.2 Å². The van der Waals surface area contributed by atoms with Crippen LogP contribution in [0, 0.1) is 0 Å². The van der Waals surface area contributed by atoms with Crippen molar-refractivity contribution in [2.45, 2.75) is 6.92 Å². The number of esters is 1. The average Bonchev–Trinajstić information content (AvgIpc) is 2.69. The number of ether oxygens (including phenoxy) is 3. The second kappa shape index (κ2) is 8.72. The zero-order valence-electron chi connectivity index (χ0n) is 14.6. The molecule has 0 saturated heterocycles. The zero-order valence-corrected chi connectivity index (χ0v) is 14.6. The first kappa shape index (κ1) is 17.5. The smallest absolute Gasteiger partial charge is 0.349 e. The highest BCUT2D eigenvalue weighted by molar-refractivity contribution is 5.75. The van der Waals surface area contributed by atoms with Crippen molar-refractivity contribution in [3.8, 4) is 28.4 Å². The van der Waals surface area contributed by atoms with Crippen molar-refractivity contribution in [3.63, 3.8) is 0 Å². The van der Waals surface area contributed by atoms with Crippen LogP contribution in [0.3, 0.4) is 0 Å². The molecule has 0 unspecified atom stereocenters. The number of hydrogen-bond acceptors (Lipinski definition) is 4. The van der Waals surface area contributed by atoms with Gasteiger partial charge in [-0.1, -0.05) is 54.6 Å². The highest BCUT2D eigenvalue weighted by Gasteiger charge is 2.10. The van der Waals surface area contributed by atoms with Gasteiger partial charge in [-0.3, -0.25) is 0 Å². The average molecular weight is 348 g/mol. The van der Waals surface area contributed by atoms with Crippen molar-refractivity contribution in [2.75, 3.05) is 13.2 Å². The molecule has 0 saturated carbocycles. The second-order valence-corrected chi connectivity index (χ2v) is 5.53. The zero-order chi connectivity index (χ0) is 18.2. The Balaban J connectivity index is 1.56. The Labute approximate surface area is 153 Å². The molecule has 0 fully saturated rings. The van der Waals surface area contributed by atoms with Crippen LogP contribution in [0.4, 0.5) is 0 Å². The largest absolute Gasteiger partial charge is 0.490 e. The number of rotatable bonds is 7. The van der Waals surface area contributed by atoms with Gasteiger partial charge < -0.3 is 14.2 Å². The number of para-hydroxylation sites is 2. The van der Waals surface area contributed by atoms with E-state index < -0.39 is 5.97 Å². The van der Waals surface area contributed by atoms with Gasteiger partial charge in [0.1, 0.15) is 5.75 Å². The lowest BCUT2D eigenvalue weighted by Gasteiger charge is -2.11. The van der Waals surface area contributed by atoms with Crippen molar-refractivity contribution in [3.05, 3.63) is 78.9 Å². The minimum absolute atomic E-state index is 0.175.